The van der Waals surface area contributed by atoms with E-state index in [1.54, 1.807) is 11.5 Å². The summed E-state index contributed by atoms with van der Waals surface area (Å²) in [6.45, 7) is 1.86. The highest BCUT2D eigenvalue weighted by molar-refractivity contribution is 5.65. The van der Waals surface area contributed by atoms with Crippen LogP contribution in [-0.2, 0) is 6.54 Å². The normalized spacial score (nSPS) is 21.3. The molecule has 1 amide bonds. The monoisotopic (exact) mass is 351 g/mol. The topological polar surface area (TPSA) is 87.4 Å². The predicted molar refractivity (Wildman–Crippen MR) is 85.1 cm³/mol. The van der Waals surface area contributed by atoms with Gasteiger partial charge in [-0.1, -0.05) is 12.1 Å². The molecule has 1 aromatic carbocycles. The first-order valence-electron chi connectivity index (χ1n) is 8.05. The summed E-state index contributed by atoms with van der Waals surface area (Å²) in [6.07, 6.45) is 0.328. The smallest absolute Gasteiger partial charge is 0.405 e. The standard InChI is InChI=1S/C17H19F2N3O3/c1-9(23)14-7-20-16-13(21-17(24)25)6-5-10(8-22(14)16)11-3-2-4-12(18)15(11)19/h2-4,7,9-10,13,21,23H,5-6,8H2,1H3,(H,24,25)/t9?,10-,13-/m1/s1. The number of aliphatic hydroxyl groups excluding tert-OH is 1. The van der Waals surface area contributed by atoms with Crippen LogP contribution in [0.4, 0.5) is 13.6 Å². The number of benzene rings is 1. The van der Waals surface area contributed by atoms with E-state index in [9.17, 15) is 18.7 Å². The van der Waals surface area contributed by atoms with Gasteiger partial charge in [0.2, 0.25) is 0 Å². The lowest BCUT2D eigenvalue weighted by Crippen LogP contribution is -2.28. The predicted octanol–water partition coefficient (Wildman–Crippen LogP) is 3.10. The molecule has 1 unspecified atom stereocenters. The van der Waals surface area contributed by atoms with Crippen molar-refractivity contribution in [3.05, 3.63) is 53.1 Å². The van der Waals surface area contributed by atoms with Crippen LogP contribution in [0.5, 0.6) is 0 Å². The average Bonchev–Trinajstić information content (AvgIpc) is 2.88. The third-order valence-corrected chi connectivity index (χ3v) is 4.58. The molecule has 2 heterocycles. The van der Waals surface area contributed by atoms with Gasteiger partial charge in [-0.15, -0.1) is 0 Å². The molecule has 25 heavy (non-hydrogen) atoms. The number of carboxylic acid groups (broad SMARTS) is 1. The van der Waals surface area contributed by atoms with E-state index in [4.69, 9.17) is 5.11 Å². The van der Waals surface area contributed by atoms with Crippen molar-refractivity contribution in [2.45, 2.75) is 44.4 Å². The number of aliphatic hydroxyl groups is 1. The fourth-order valence-corrected chi connectivity index (χ4v) is 3.40. The number of nitrogens with zero attached hydrogens (tertiary/aromatic N) is 2. The van der Waals surface area contributed by atoms with Gasteiger partial charge >= 0.3 is 6.09 Å². The van der Waals surface area contributed by atoms with Crippen LogP contribution in [0.15, 0.2) is 24.4 Å². The Balaban J connectivity index is 2.03. The second kappa shape index (κ2) is 6.79. The van der Waals surface area contributed by atoms with Crippen LogP contribution in [0.1, 0.15) is 54.9 Å². The lowest BCUT2D eigenvalue weighted by atomic mass is 9.92. The number of halogens is 2. The molecular weight excluding hydrogens is 332 g/mol. The molecule has 1 aliphatic heterocycles. The minimum Gasteiger partial charge on any atom is -0.465 e. The molecule has 0 fully saturated rings. The number of aromatic nitrogens is 2. The van der Waals surface area contributed by atoms with Crippen molar-refractivity contribution in [1.29, 1.82) is 0 Å². The molecule has 3 rings (SSSR count). The molecule has 6 nitrogen and oxygen atoms in total. The second-order valence-corrected chi connectivity index (χ2v) is 6.25. The van der Waals surface area contributed by atoms with Crippen LogP contribution in [0, 0.1) is 11.6 Å². The van der Waals surface area contributed by atoms with E-state index >= 15 is 0 Å². The first-order valence-corrected chi connectivity index (χ1v) is 8.05. The van der Waals surface area contributed by atoms with Gasteiger partial charge in [-0.2, -0.15) is 0 Å². The molecule has 0 saturated heterocycles. The highest BCUT2D eigenvalue weighted by Gasteiger charge is 2.31. The van der Waals surface area contributed by atoms with E-state index in [0.717, 1.165) is 6.07 Å². The number of hydrogen-bond acceptors (Lipinski definition) is 3. The molecule has 0 saturated carbocycles. The molecule has 0 aliphatic carbocycles. The summed E-state index contributed by atoms with van der Waals surface area (Å²) >= 11 is 0. The highest BCUT2D eigenvalue weighted by atomic mass is 19.2. The maximum atomic E-state index is 14.2. The Bertz CT molecular complexity index is 791. The zero-order valence-electron chi connectivity index (χ0n) is 13.6. The van der Waals surface area contributed by atoms with E-state index in [2.05, 4.69) is 10.3 Å². The van der Waals surface area contributed by atoms with Crippen molar-refractivity contribution in [3.8, 4) is 0 Å². The zero-order chi connectivity index (χ0) is 18.1. The molecule has 0 bridgehead atoms. The Kier molecular flexibility index (Phi) is 4.71. The van der Waals surface area contributed by atoms with Gasteiger partial charge in [0.25, 0.3) is 0 Å². The van der Waals surface area contributed by atoms with Crippen molar-refractivity contribution in [3.63, 3.8) is 0 Å². The average molecular weight is 351 g/mol. The van der Waals surface area contributed by atoms with Crippen molar-refractivity contribution in [1.82, 2.24) is 14.9 Å². The molecule has 1 aromatic heterocycles. The second-order valence-electron chi connectivity index (χ2n) is 6.25. The Hall–Kier alpha value is -2.48. The van der Waals surface area contributed by atoms with Crippen LogP contribution >= 0.6 is 0 Å². The summed E-state index contributed by atoms with van der Waals surface area (Å²) in [5.74, 6) is -1.69. The number of rotatable bonds is 3. The minimum atomic E-state index is -1.19. The van der Waals surface area contributed by atoms with E-state index < -0.39 is 29.9 Å². The minimum absolute atomic E-state index is 0.243. The molecule has 3 N–H and O–H groups in total. The van der Waals surface area contributed by atoms with E-state index in [-0.39, 0.29) is 18.0 Å². The first-order chi connectivity index (χ1) is 11.9. The van der Waals surface area contributed by atoms with Gasteiger partial charge in [-0.25, -0.2) is 18.6 Å². The van der Waals surface area contributed by atoms with E-state index in [0.29, 0.717) is 24.4 Å². The molecule has 2 aromatic rings. The van der Waals surface area contributed by atoms with E-state index in [1.807, 2.05) is 0 Å². The number of fused-ring (bicyclic) bond motifs is 1. The molecular formula is C17H19F2N3O3. The van der Waals surface area contributed by atoms with Gasteiger partial charge in [-0.3, -0.25) is 0 Å². The summed E-state index contributed by atoms with van der Waals surface area (Å²) in [6, 6.07) is 3.48. The quantitative estimate of drug-likeness (QED) is 0.793. The number of carbonyl (C=O) groups is 1. The van der Waals surface area contributed by atoms with Crippen LogP contribution < -0.4 is 5.32 Å². The number of hydrogen-bond donors (Lipinski definition) is 3. The summed E-state index contributed by atoms with van der Waals surface area (Å²) in [7, 11) is 0. The Morgan fingerprint density at radius 3 is 2.84 bits per heavy atom. The fraction of sp³-hybridized carbons (Fsp3) is 0.412. The van der Waals surface area contributed by atoms with Crippen LogP contribution in [-0.4, -0.2) is 25.9 Å². The number of imidazole rings is 1. The maximum Gasteiger partial charge on any atom is 0.405 e. The third-order valence-electron chi connectivity index (χ3n) is 4.58. The van der Waals surface area contributed by atoms with Gasteiger partial charge in [0.15, 0.2) is 11.6 Å². The highest BCUT2D eigenvalue weighted by Crippen LogP contribution is 2.35. The lowest BCUT2D eigenvalue weighted by Gasteiger charge is -2.19. The molecule has 8 heteroatoms. The van der Waals surface area contributed by atoms with Crippen molar-refractivity contribution < 1.29 is 23.8 Å². The van der Waals surface area contributed by atoms with Crippen LogP contribution in [0.3, 0.4) is 0 Å². The van der Waals surface area contributed by atoms with Crippen LogP contribution in [0.2, 0.25) is 0 Å². The molecule has 3 atom stereocenters. The lowest BCUT2D eigenvalue weighted by molar-refractivity contribution is 0.186. The maximum absolute atomic E-state index is 14.2. The summed E-state index contributed by atoms with van der Waals surface area (Å²) in [5.41, 5.74) is 0.753. The SMILES string of the molecule is CC(O)c1cnc2n1C[C@H](c1cccc(F)c1F)CC[C@H]2NC(=O)O. The van der Waals surface area contributed by atoms with Crippen molar-refractivity contribution in [2.75, 3.05) is 0 Å². The summed E-state index contributed by atoms with van der Waals surface area (Å²) in [5, 5.41) is 21.4. The Labute approximate surface area is 143 Å². The van der Waals surface area contributed by atoms with E-state index in [1.165, 1.54) is 18.3 Å². The third kappa shape index (κ3) is 3.34. The molecule has 1 aliphatic rings. The van der Waals surface area contributed by atoms with Gasteiger partial charge in [0.05, 0.1) is 24.0 Å². The Morgan fingerprint density at radius 1 is 1.40 bits per heavy atom. The van der Waals surface area contributed by atoms with Crippen molar-refractivity contribution >= 4 is 6.09 Å². The molecule has 0 spiro atoms. The summed E-state index contributed by atoms with van der Waals surface area (Å²) in [4.78, 5) is 15.3. The fourth-order valence-electron chi connectivity index (χ4n) is 3.40. The van der Waals surface area contributed by atoms with Crippen molar-refractivity contribution in [2.24, 2.45) is 0 Å². The largest absolute Gasteiger partial charge is 0.465 e. The number of amides is 1. The van der Waals surface area contributed by atoms with Gasteiger partial charge in [-0.05, 0) is 31.4 Å². The summed E-state index contributed by atoms with van der Waals surface area (Å²) < 4.78 is 29.5. The van der Waals surface area contributed by atoms with Gasteiger partial charge in [0.1, 0.15) is 5.82 Å². The van der Waals surface area contributed by atoms with Gasteiger partial charge < -0.3 is 20.1 Å². The first kappa shape index (κ1) is 17.3. The number of nitrogens with one attached hydrogen (secondary N) is 1. The van der Waals surface area contributed by atoms with Gasteiger partial charge in [0, 0.05) is 12.5 Å². The van der Waals surface area contributed by atoms with Crippen LogP contribution in [0.25, 0.3) is 0 Å². The molecule has 0 radical (unpaired) electrons. The Morgan fingerprint density at radius 2 is 2.16 bits per heavy atom. The zero-order valence-corrected chi connectivity index (χ0v) is 13.6. The molecule has 134 valence electrons.